The molecule has 1 aliphatic rings. The molecular formula is C22H25N3O3S. The summed E-state index contributed by atoms with van der Waals surface area (Å²) in [7, 11) is 0. The first-order valence-corrected chi connectivity index (χ1v) is 10.8. The third kappa shape index (κ3) is 4.05. The van der Waals surface area contributed by atoms with Crippen LogP contribution in [0.4, 0.5) is 0 Å². The van der Waals surface area contributed by atoms with E-state index in [0.29, 0.717) is 31.1 Å². The summed E-state index contributed by atoms with van der Waals surface area (Å²) >= 11 is 1.48. The highest BCUT2D eigenvalue weighted by atomic mass is 32.1. The van der Waals surface area contributed by atoms with E-state index in [-0.39, 0.29) is 17.8 Å². The maximum absolute atomic E-state index is 13.1. The molecule has 1 saturated heterocycles. The van der Waals surface area contributed by atoms with Gasteiger partial charge in [0, 0.05) is 18.5 Å². The predicted octanol–water partition coefficient (Wildman–Crippen LogP) is 3.87. The second-order valence-corrected chi connectivity index (χ2v) is 8.43. The second kappa shape index (κ2) is 8.37. The first-order valence-electron chi connectivity index (χ1n) is 10.0. The van der Waals surface area contributed by atoms with Crippen LogP contribution in [0.25, 0.3) is 10.2 Å². The zero-order valence-electron chi connectivity index (χ0n) is 16.8. The van der Waals surface area contributed by atoms with E-state index in [2.05, 4.69) is 17.2 Å². The maximum Gasteiger partial charge on any atom is 0.310 e. The van der Waals surface area contributed by atoms with Gasteiger partial charge in [-0.25, -0.2) is 0 Å². The molecule has 1 fully saturated rings. The van der Waals surface area contributed by atoms with E-state index in [1.165, 1.54) is 16.9 Å². The Balaban J connectivity index is 1.55. The molecule has 4 rings (SSSR count). The molecule has 0 spiro atoms. The minimum Gasteiger partial charge on any atom is -0.466 e. The van der Waals surface area contributed by atoms with Gasteiger partial charge in [0.05, 0.1) is 29.6 Å². The van der Waals surface area contributed by atoms with Crippen molar-refractivity contribution in [3.05, 3.63) is 52.5 Å². The lowest BCUT2D eigenvalue weighted by Crippen LogP contribution is -2.42. The SMILES string of the molecule is CCOC(=O)[C@@H]1CCCN(C(=O)c2cc3c(C)nn(Cc4ccccc4)c3s2)C1. The summed E-state index contributed by atoms with van der Waals surface area (Å²) in [5, 5.41) is 5.68. The topological polar surface area (TPSA) is 64.4 Å². The molecule has 0 radical (unpaired) electrons. The maximum atomic E-state index is 13.1. The van der Waals surface area contributed by atoms with Gasteiger partial charge in [0.2, 0.25) is 0 Å². The molecule has 1 amide bonds. The molecular weight excluding hydrogens is 386 g/mol. The number of carbonyl (C=O) groups is 2. The fourth-order valence-corrected chi connectivity index (χ4v) is 4.98. The van der Waals surface area contributed by atoms with Crippen LogP contribution in [0.2, 0.25) is 0 Å². The minimum absolute atomic E-state index is 0.00846. The highest BCUT2D eigenvalue weighted by Gasteiger charge is 2.30. The van der Waals surface area contributed by atoms with Crippen molar-refractivity contribution >= 4 is 33.4 Å². The molecule has 6 nitrogen and oxygen atoms in total. The number of hydrogen-bond donors (Lipinski definition) is 0. The summed E-state index contributed by atoms with van der Waals surface area (Å²) in [4.78, 5) is 28.7. The summed E-state index contributed by atoms with van der Waals surface area (Å²) in [6, 6.07) is 12.1. The molecule has 3 aromatic rings. The number of piperidine rings is 1. The minimum atomic E-state index is -0.225. The van der Waals surface area contributed by atoms with Crippen molar-refractivity contribution < 1.29 is 14.3 Å². The molecule has 152 valence electrons. The molecule has 0 unspecified atom stereocenters. The van der Waals surface area contributed by atoms with Crippen LogP contribution in [0.15, 0.2) is 36.4 Å². The first kappa shape index (κ1) is 19.6. The van der Waals surface area contributed by atoms with Gasteiger partial charge in [0.15, 0.2) is 0 Å². The second-order valence-electron chi connectivity index (χ2n) is 7.40. The van der Waals surface area contributed by atoms with Gasteiger partial charge in [-0.1, -0.05) is 30.3 Å². The van der Waals surface area contributed by atoms with Gasteiger partial charge in [-0.2, -0.15) is 5.10 Å². The lowest BCUT2D eigenvalue weighted by Gasteiger charge is -2.31. The van der Waals surface area contributed by atoms with Crippen LogP contribution >= 0.6 is 11.3 Å². The molecule has 1 aliphatic heterocycles. The Bertz CT molecular complexity index is 1020. The first-order chi connectivity index (χ1) is 14.1. The van der Waals surface area contributed by atoms with Crippen molar-refractivity contribution in [2.75, 3.05) is 19.7 Å². The Kier molecular flexibility index (Phi) is 5.67. The molecule has 0 saturated carbocycles. The van der Waals surface area contributed by atoms with E-state index < -0.39 is 0 Å². The highest BCUT2D eigenvalue weighted by Crippen LogP contribution is 2.31. The van der Waals surface area contributed by atoms with Crippen molar-refractivity contribution in [1.82, 2.24) is 14.7 Å². The number of ether oxygens (including phenoxy) is 1. The zero-order valence-corrected chi connectivity index (χ0v) is 17.6. The number of esters is 1. The fourth-order valence-electron chi connectivity index (χ4n) is 3.85. The Hall–Kier alpha value is -2.67. The molecule has 1 aromatic carbocycles. The Labute approximate surface area is 174 Å². The number of likely N-dealkylation sites (tertiary alicyclic amines) is 1. The summed E-state index contributed by atoms with van der Waals surface area (Å²) in [6.45, 7) is 5.94. The van der Waals surface area contributed by atoms with Crippen molar-refractivity contribution in [3.63, 3.8) is 0 Å². The van der Waals surface area contributed by atoms with Gasteiger partial charge in [-0.15, -0.1) is 11.3 Å². The van der Waals surface area contributed by atoms with E-state index in [4.69, 9.17) is 4.74 Å². The van der Waals surface area contributed by atoms with Crippen LogP contribution in [0.1, 0.15) is 40.7 Å². The van der Waals surface area contributed by atoms with Crippen molar-refractivity contribution in [2.45, 2.75) is 33.2 Å². The molecule has 29 heavy (non-hydrogen) atoms. The van der Waals surface area contributed by atoms with Crippen LogP contribution in [0.5, 0.6) is 0 Å². The average Bonchev–Trinajstić information content (AvgIpc) is 3.30. The number of aromatic nitrogens is 2. The quantitative estimate of drug-likeness (QED) is 0.598. The molecule has 0 bridgehead atoms. The van der Waals surface area contributed by atoms with Crippen molar-refractivity contribution in [1.29, 1.82) is 0 Å². The Morgan fingerprint density at radius 2 is 2.07 bits per heavy atom. The molecule has 3 heterocycles. The molecule has 1 atom stereocenters. The number of aryl methyl sites for hydroxylation is 1. The van der Waals surface area contributed by atoms with Gasteiger partial charge < -0.3 is 9.64 Å². The van der Waals surface area contributed by atoms with Crippen molar-refractivity contribution in [3.8, 4) is 0 Å². The average molecular weight is 412 g/mol. The largest absolute Gasteiger partial charge is 0.466 e. The number of thiophene rings is 1. The van der Waals surface area contributed by atoms with E-state index in [1.807, 2.05) is 42.8 Å². The van der Waals surface area contributed by atoms with Gasteiger partial charge in [0.1, 0.15) is 4.83 Å². The zero-order chi connectivity index (χ0) is 20.4. The summed E-state index contributed by atoms with van der Waals surface area (Å²) in [6.07, 6.45) is 1.60. The lowest BCUT2D eigenvalue weighted by atomic mass is 9.98. The van der Waals surface area contributed by atoms with Crippen LogP contribution in [-0.2, 0) is 16.1 Å². The third-order valence-electron chi connectivity index (χ3n) is 5.32. The van der Waals surface area contributed by atoms with E-state index in [0.717, 1.165) is 28.8 Å². The van der Waals surface area contributed by atoms with Crippen LogP contribution in [0.3, 0.4) is 0 Å². The third-order valence-corrected chi connectivity index (χ3v) is 6.46. The number of benzene rings is 1. The van der Waals surface area contributed by atoms with E-state index >= 15 is 0 Å². The lowest BCUT2D eigenvalue weighted by molar-refractivity contribution is -0.149. The van der Waals surface area contributed by atoms with Gasteiger partial charge in [-0.05, 0) is 38.3 Å². The fraction of sp³-hybridized carbons (Fsp3) is 0.409. The number of amides is 1. The van der Waals surface area contributed by atoms with Gasteiger partial charge in [-0.3, -0.25) is 14.3 Å². The summed E-state index contributed by atoms with van der Waals surface area (Å²) < 4.78 is 7.12. The Morgan fingerprint density at radius 1 is 1.28 bits per heavy atom. The number of nitrogens with zero attached hydrogens (tertiary/aromatic N) is 3. The smallest absolute Gasteiger partial charge is 0.310 e. The van der Waals surface area contributed by atoms with E-state index in [9.17, 15) is 9.59 Å². The standard InChI is InChI=1S/C22H25N3O3S/c1-3-28-22(27)17-10-7-11-24(14-17)20(26)19-12-18-15(2)23-25(21(18)29-19)13-16-8-5-4-6-9-16/h4-6,8-9,12,17H,3,7,10-11,13-14H2,1-2H3/t17-/m1/s1. The van der Waals surface area contributed by atoms with Crippen LogP contribution in [-0.4, -0.2) is 46.3 Å². The Morgan fingerprint density at radius 3 is 2.83 bits per heavy atom. The van der Waals surface area contributed by atoms with Gasteiger partial charge in [0.25, 0.3) is 5.91 Å². The number of fused-ring (bicyclic) bond motifs is 1. The number of hydrogen-bond acceptors (Lipinski definition) is 5. The van der Waals surface area contributed by atoms with Crippen molar-refractivity contribution in [2.24, 2.45) is 5.92 Å². The monoisotopic (exact) mass is 411 g/mol. The molecule has 0 N–H and O–H groups in total. The summed E-state index contributed by atoms with van der Waals surface area (Å²) in [5.74, 6) is -0.432. The predicted molar refractivity (Wildman–Crippen MR) is 113 cm³/mol. The normalized spacial score (nSPS) is 16.9. The summed E-state index contributed by atoms with van der Waals surface area (Å²) in [5.41, 5.74) is 2.10. The number of carbonyl (C=O) groups excluding carboxylic acids is 2. The van der Waals surface area contributed by atoms with Crippen LogP contribution in [0, 0.1) is 12.8 Å². The van der Waals surface area contributed by atoms with Crippen LogP contribution < -0.4 is 0 Å². The number of rotatable bonds is 5. The van der Waals surface area contributed by atoms with E-state index in [1.54, 1.807) is 4.90 Å². The van der Waals surface area contributed by atoms with Gasteiger partial charge >= 0.3 is 5.97 Å². The molecule has 2 aromatic heterocycles. The highest BCUT2D eigenvalue weighted by molar-refractivity contribution is 7.20. The molecule has 7 heteroatoms. The molecule has 0 aliphatic carbocycles.